The molecule has 2 nitrogen and oxygen atoms in total. The Hall–Kier alpha value is -1.35. The van der Waals surface area contributed by atoms with Crippen molar-refractivity contribution in [3.8, 4) is 0 Å². The lowest BCUT2D eigenvalue weighted by atomic mass is 10.2. The van der Waals surface area contributed by atoms with Gasteiger partial charge in [-0.25, -0.2) is 0 Å². The first kappa shape index (κ1) is 12.7. The van der Waals surface area contributed by atoms with Gasteiger partial charge < -0.3 is 5.32 Å². The highest BCUT2D eigenvalue weighted by atomic mass is 79.9. The molecule has 0 fully saturated rings. The van der Waals surface area contributed by atoms with E-state index in [4.69, 9.17) is 0 Å². The summed E-state index contributed by atoms with van der Waals surface area (Å²) in [6.45, 7) is 4.21. The average molecular weight is 280 g/mol. The molecule has 0 heterocycles. The predicted molar refractivity (Wildman–Crippen MR) is 71.0 cm³/mol. The van der Waals surface area contributed by atoms with Crippen molar-refractivity contribution in [2.24, 2.45) is 0 Å². The lowest BCUT2D eigenvalue weighted by Gasteiger charge is -1.99. The monoisotopic (exact) mass is 279 g/mol. The van der Waals surface area contributed by atoms with Crippen LogP contribution in [0, 0.1) is 0 Å². The molecular formula is C13H14BrNO. The fraction of sp³-hybridized carbons (Fsp3) is 0.154. The maximum atomic E-state index is 11.4. The zero-order valence-electron chi connectivity index (χ0n) is 8.95. The van der Waals surface area contributed by atoms with Crippen LogP contribution in [-0.2, 0) is 4.79 Å². The standard InChI is InChI=1S/C13H14BrNO/c1-2-3-10-15-13(16)9-8-11-6-4-5-7-12(11)14/h2,4-9H,1,3,10H2,(H,15,16)/b9-8+. The summed E-state index contributed by atoms with van der Waals surface area (Å²) in [5, 5.41) is 2.76. The van der Waals surface area contributed by atoms with Crippen LogP contribution in [0.5, 0.6) is 0 Å². The van der Waals surface area contributed by atoms with Crippen LogP contribution in [-0.4, -0.2) is 12.5 Å². The Kier molecular flexibility index (Phi) is 5.57. The highest BCUT2D eigenvalue weighted by Crippen LogP contribution is 2.16. The molecule has 1 aromatic rings. The summed E-state index contributed by atoms with van der Waals surface area (Å²) in [5.41, 5.74) is 0.987. The molecule has 0 saturated carbocycles. The molecule has 0 aromatic heterocycles. The van der Waals surface area contributed by atoms with Crippen LogP contribution in [0.1, 0.15) is 12.0 Å². The van der Waals surface area contributed by atoms with Gasteiger partial charge in [0, 0.05) is 17.1 Å². The van der Waals surface area contributed by atoms with Gasteiger partial charge in [0.2, 0.25) is 5.91 Å². The molecule has 0 aliphatic heterocycles. The summed E-state index contributed by atoms with van der Waals surface area (Å²) in [7, 11) is 0. The number of hydrogen-bond donors (Lipinski definition) is 1. The second-order valence-corrected chi connectivity index (χ2v) is 4.08. The van der Waals surface area contributed by atoms with E-state index in [2.05, 4.69) is 27.8 Å². The van der Waals surface area contributed by atoms with Gasteiger partial charge in [-0.3, -0.25) is 4.79 Å². The van der Waals surface area contributed by atoms with E-state index in [1.54, 1.807) is 12.2 Å². The Morgan fingerprint density at radius 3 is 2.88 bits per heavy atom. The average Bonchev–Trinajstić information content (AvgIpc) is 2.28. The van der Waals surface area contributed by atoms with Crippen LogP contribution in [0.2, 0.25) is 0 Å². The van der Waals surface area contributed by atoms with Gasteiger partial charge in [0.15, 0.2) is 0 Å². The Morgan fingerprint density at radius 2 is 2.19 bits per heavy atom. The maximum Gasteiger partial charge on any atom is 0.244 e. The van der Waals surface area contributed by atoms with E-state index in [1.807, 2.05) is 24.3 Å². The van der Waals surface area contributed by atoms with Gasteiger partial charge in [-0.2, -0.15) is 0 Å². The number of rotatable bonds is 5. The highest BCUT2D eigenvalue weighted by molar-refractivity contribution is 9.10. The summed E-state index contributed by atoms with van der Waals surface area (Å²) < 4.78 is 0.977. The van der Waals surface area contributed by atoms with Crippen molar-refractivity contribution in [2.75, 3.05) is 6.54 Å². The first-order valence-corrected chi connectivity index (χ1v) is 5.84. The molecule has 0 aliphatic carbocycles. The van der Waals surface area contributed by atoms with E-state index >= 15 is 0 Å². The molecule has 16 heavy (non-hydrogen) atoms. The fourth-order valence-electron chi connectivity index (χ4n) is 1.13. The van der Waals surface area contributed by atoms with E-state index in [0.717, 1.165) is 16.5 Å². The highest BCUT2D eigenvalue weighted by Gasteiger charge is 1.95. The summed E-state index contributed by atoms with van der Waals surface area (Å²) in [6, 6.07) is 7.75. The molecule has 1 amide bonds. The van der Waals surface area contributed by atoms with Crippen LogP contribution in [0.3, 0.4) is 0 Å². The third kappa shape index (κ3) is 4.45. The van der Waals surface area contributed by atoms with Gasteiger partial charge in [0.1, 0.15) is 0 Å². The minimum absolute atomic E-state index is 0.0856. The Bertz CT molecular complexity index is 399. The number of carbonyl (C=O) groups is 1. The fourth-order valence-corrected chi connectivity index (χ4v) is 1.55. The van der Waals surface area contributed by atoms with Gasteiger partial charge in [-0.05, 0) is 24.1 Å². The number of halogens is 1. The van der Waals surface area contributed by atoms with Crippen molar-refractivity contribution in [2.45, 2.75) is 6.42 Å². The van der Waals surface area contributed by atoms with Crippen LogP contribution >= 0.6 is 15.9 Å². The van der Waals surface area contributed by atoms with Gasteiger partial charge in [-0.15, -0.1) is 6.58 Å². The zero-order valence-corrected chi connectivity index (χ0v) is 10.5. The van der Waals surface area contributed by atoms with Crippen molar-refractivity contribution in [1.29, 1.82) is 0 Å². The van der Waals surface area contributed by atoms with Gasteiger partial charge in [0.25, 0.3) is 0 Å². The van der Waals surface area contributed by atoms with E-state index in [1.165, 1.54) is 6.08 Å². The number of hydrogen-bond acceptors (Lipinski definition) is 1. The number of amides is 1. The molecule has 0 saturated heterocycles. The smallest absolute Gasteiger partial charge is 0.244 e. The number of benzene rings is 1. The molecule has 0 atom stereocenters. The van der Waals surface area contributed by atoms with Crippen LogP contribution < -0.4 is 5.32 Å². The quantitative estimate of drug-likeness (QED) is 0.501. The molecule has 0 radical (unpaired) electrons. The number of carbonyl (C=O) groups excluding carboxylic acids is 1. The normalized spacial score (nSPS) is 10.3. The van der Waals surface area contributed by atoms with E-state index in [9.17, 15) is 4.79 Å². The van der Waals surface area contributed by atoms with Gasteiger partial charge in [0.05, 0.1) is 0 Å². The van der Waals surface area contributed by atoms with E-state index in [0.29, 0.717) is 6.54 Å². The van der Waals surface area contributed by atoms with Crippen molar-refractivity contribution < 1.29 is 4.79 Å². The summed E-state index contributed by atoms with van der Waals surface area (Å²) in [6.07, 6.45) is 5.88. The van der Waals surface area contributed by atoms with Crippen molar-refractivity contribution in [1.82, 2.24) is 5.32 Å². The Morgan fingerprint density at radius 1 is 1.44 bits per heavy atom. The summed E-state index contributed by atoms with van der Waals surface area (Å²) in [4.78, 5) is 11.4. The molecule has 3 heteroatoms. The van der Waals surface area contributed by atoms with Crippen LogP contribution in [0.25, 0.3) is 6.08 Å². The van der Waals surface area contributed by atoms with Gasteiger partial charge >= 0.3 is 0 Å². The molecule has 0 unspecified atom stereocenters. The molecule has 0 spiro atoms. The Balaban J connectivity index is 2.50. The number of nitrogens with one attached hydrogen (secondary N) is 1. The van der Waals surface area contributed by atoms with Crippen LogP contribution in [0.15, 0.2) is 47.5 Å². The van der Waals surface area contributed by atoms with Gasteiger partial charge in [-0.1, -0.05) is 40.2 Å². The second kappa shape index (κ2) is 7.01. The van der Waals surface area contributed by atoms with Crippen LogP contribution in [0.4, 0.5) is 0 Å². The second-order valence-electron chi connectivity index (χ2n) is 3.22. The first-order valence-electron chi connectivity index (χ1n) is 5.05. The molecule has 1 rings (SSSR count). The third-order valence-corrected chi connectivity index (χ3v) is 2.69. The van der Waals surface area contributed by atoms with Crippen molar-refractivity contribution in [3.05, 3.63) is 53.0 Å². The molecule has 0 bridgehead atoms. The minimum atomic E-state index is -0.0856. The molecule has 84 valence electrons. The molecule has 1 aromatic carbocycles. The largest absolute Gasteiger partial charge is 0.352 e. The lowest BCUT2D eigenvalue weighted by molar-refractivity contribution is -0.116. The zero-order chi connectivity index (χ0) is 11.8. The van der Waals surface area contributed by atoms with Crippen molar-refractivity contribution in [3.63, 3.8) is 0 Å². The summed E-state index contributed by atoms with van der Waals surface area (Å²) >= 11 is 3.41. The molecule has 0 aliphatic rings. The summed E-state index contributed by atoms with van der Waals surface area (Å²) in [5.74, 6) is -0.0856. The third-order valence-electron chi connectivity index (χ3n) is 1.97. The van der Waals surface area contributed by atoms with E-state index in [-0.39, 0.29) is 5.91 Å². The molecular weight excluding hydrogens is 266 g/mol. The predicted octanol–water partition coefficient (Wildman–Crippen LogP) is 3.15. The van der Waals surface area contributed by atoms with Crippen molar-refractivity contribution >= 4 is 27.9 Å². The maximum absolute atomic E-state index is 11.4. The first-order chi connectivity index (χ1) is 7.74. The minimum Gasteiger partial charge on any atom is -0.352 e. The lowest BCUT2D eigenvalue weighted by Crippen LogP contribution is -2.21. The SMILES string of the molecule is C=CCCNC(=O)/C=C/c1ccccc1Br. The van der Waals surface area contributed by atoms with E-state index < -0.39 is 0 Å². The Labute approximate surface area is 104 Å². The molecule has 1 N–H and O–H groups in total. The topological polar surface area (TPSA) is 29.1 Å².